The summed E-state index contributed by atoms with van der Waals surface area (Å²) in [5.41, 5.74) is 4.49. The number of aliphatic carboxylic acids is 1. The van der Waals surface area contributed by atoms with Crippen LogP contribution in [0.4, 0.5) is 9.93 Å². The average Bonchev–Trinajstić information content (AvgIpc) is 3.44. The molecule has 10 heteroatoms. The highest BCUT2D eigenvalue weighted by atomic mass is 32.1. The first kappa shape index (κ1) is 23.0. The van der Waals surface area contributed by atoms with Gasteiger partial charge in [-0.25, -0.2) is 14.6 Å². The van der Waals surface area contributed by atoms with Crippen LogP contribution < -0.4 is 5.32 Å². The highest BCUT2D eigenvalue weighted by molar-refractivity contribution is 7.17. The summed E-state index contributed by atoms with van der Waals surface area (Å²) in [6, 6.07) is 15.0. The van der Waals surface area contributed by atoms with Crippen molar-refractivity contribution in [3.8, 4) is 11.1 Å². The molecule has 1 saturated heterocycles. The lowest BCUT2D eigenvalue weighted by atomic mass is 9.98. The number of fused-ring (bicyclic) bond motifs is 3. The second-order valence-electron chi connectivity index (χ2n) is 8.34. The molecule has 9 nitrogen and oxygen atoms in total. The van der Waals surface area contributed by atoms with Crippen molar-refractivity contribution in [1.29, 1.82) is 0 Å². The number of nitrogens with one attached hydrogen (secondary N) is 1. The molecule has 2 aromatic carbocycles. The predicted molar refractivity (Wildman–Crippen MR) is 129 cm³/mol. The van der Waals surface area contributed by atoms with Gasteiger partial charge in [0.15, 0.2) is 11.2 Å². The summed E-state index contributed by atoms with van der Waals surface area (Å²) in [7, 11) is 0. The number of hydrogen-bond donors (Lipinski definition) is 2. The highest BCUT2D eigenvalue weighted by Crippen LogP contribution is 2.44. The van der Waals surface area contributed by atoms with Gasteiger partial charge < -0.3 is 19.5 Å². The second-order valence-corrected chi connectivity index (χ2v) is 9.37. The number of nitrogens with zero attached hydrogens (tertiary/aromatic N) is 2. The Morgan fingerprint density at radius 1 is 1.14 bits per heavy atom. The maximum absolute atomic E-state index is 12.9. The number of carboxylic acid groups (broad SMARTS) is 1. The van der Waals surface area contributed by atoms with E-state index >= 15 is 0 Å². The standard InChI is InChI=1S/C25H23N3O6S/c1-14-21(23(30)31)28(10-11-33-14)22(29)20-12-26-24(35-20)27-25(32)34-13-19-17-8-4-2-6-15(17)16-7-3-5-9-18(16)19/h2-9,12,14,19,21H,10-11,13H2,1H3,(H,30,31)(H,26,27,32). The van der Waals surface area contributed by atoms with Crippen LogP contribution in [0.25, 0.3) is 11.1 Å². The third-order valence-corrected chi connectivity index (χ3v) is 7.18. The van der Waals surface area contributed by atoms with Gasteiger partial charge in [0.1, 0.15) is 11.5 Å². The average molecular weight is 494 g/mol. The molecular weight excluding hydrogens is 470 g/mol. The van der Waals surface area contributed by atoms with Gasteiger partial charge in [-0.2, -0.15) is 0 Å². The van der Waals surface area contributed by atoms with Crippen LogP contribution >= 0.6 is 11.3 Å². The molecule has 1 aromatic heterocycles. The Balaban J connectivity index is 1.23. The lowest BCUT2D eigenvalue weighted by Crippen LogP contribution is -2.56. The summed E-state index contributed by atoms with van der Waals surface area (Å²) in [5.74, 6) is -1.67. The van der Waals surface area contributed by atoms with E-state index in [1.807, 2.05) is 36.4 Å². The van der Waals surface area contributed by atoms with Crippen molar-refractivity contribution in [2.75, 3.05) is 25.1 Å². The Morgan fingerprint density at radius 2 is 1.80 bits per heavy atom. The molecule has 35 heavy (non-hydrogen) atoms. The van der Waals surface area contributed by atoms with E-state index < -0.39 is 30.1 Å². The molecule has 2 N–H and O–H groups in total. The number of ether oxygens (including phenoxy) is 2. The van der Waals surface area contributed by atoms with Crippen LogP contribution in [-0.2, 0) is 14.3 Å². The number of thiazole rings is 1. The summed E-state index contributed by atoms with van der Waals surface area (Å²) in [5, 5.41) is 12.3. The van der Waals surface area contributed by atoms with Gasteiger partial charge in [0, 0.05) is 12.5 Å². The number of amides is 2. The zero-order valence-corrected chi connectivity index (χ0v) is 19.7. The van der Waals surface area contributed by atoms with E-state index in [0.717, 1.165) is 33.6 Å². The van der Waals surface area contributed by atoms with E-state index in [1.165, 1.54) is 11.1 Å². The molecule has 0 radical (unpaired) electrons. The lowest BCUT2D eigenvalue weighted by molar-refractivity contribution is -0.152. The largest absolute Gasteiger partial charge is 0.480 e. The molecule has 1 fully saturated rings. The van der Waals surface area contributed by atoms with Gasteiger partial charge in [0.25, 0.3) is 5.91 Å². The van der Waals surface area contributed by atoms with Crippen LogP contribution in [0.2, 0.25) is 0 Å². The maximum Gasteiger partial charge on any atom is 0.413 e. The monoisotopic (exact) mass is 493 g/mol. The molecule has 3 aromatic rings. The Labute approximate surface area is 205 Å². The zero-order chi connectivity index (χ0) is 24.5. The van der Waals surface area contributed by atoms with Crippen LogP contribution in [0.15, 0.2) is 54.7 Å². The smallest absolute Gasteiger partial charge is 0.413 e. The first-order chi connectivity index (χ1) is 16.9. The minimum Gasteiger partial charge on any atom is -0.480 e. The van der Waals surface area contributed by atoms with Crippen LogP contribution in [0.5, 0.6) is 0 Å². The van der Waals surface area contributed by atoms with Crippen molar-refractivity contribution in [1.82, 2.24) is 9.88 Å². The number of carbonyl (C=O) groups excluding carboxylic acids is 2. The number of aromatic nitrogens is 1. The summed E-state index contributed by atoms with van der Waals surface area (Å²) in [4.78, 5) is 42.6. The quantitative estimate of drug-likeness (QED) is 0.555. The molecule has 2 aliphatic rings. The molecule has 0 bridgehead atoms. The van der Waals surface area contributed by atoms with Crippen molar-refractivity contribution in [2.45, 2.75) is 25.0 Å². The first-order valence-corrected chi connectivity index (χ1v) is 12.0. The molecule has 1 aliphatic carbocycles. The highest BCUT2D eigenvalue weighted by Gasteiger charge is 2.39. The van der Waals surface area contributed by atoms with Crippen molar-refractivity contribution in [2.24, 2.45) is 0 Å². The van der Waals surface area contributed by atoms with Gasteiger partial charge in [0.2, 0.25) is 0 Å². The normalized spacial score (nSPS) is 19.1. The number of carboxylic acids is 1. The molecule has 5 rings (SSSR count). The number of anilines is 1. The number of carbonyl (C=O) groups is 3. The van der Waals surface area contributed by atoms with Gasteiger partial charge in [0.05, 0.1) is 18.9 Å². The topological polar surface area (TPSA) is 118 Å². The molecule has 180 valence electrons. The Morgan fingerprint density at radius 3 is 2.46 bits per heavy atom. The molecule has 1 aliphatic heterocycles. The second kappa shape index (κ2) is 9.47. The molecule has 0 saturated carbocycles. The Kier molecular flexibility index (Phi) is 6.23. The fourth-order valence-electron chi connectivity index (χ4n) is 4.68. The summed E-state index contributed by atoms with van der Waals surface area (Å²) >= 11 is 0.965. The number of hydrogen-bond acceptors (Lipinski definition) is 7. The van der Waals surface area contributed by atoms with Gasteiger partial charge in [-0.15, -0.1) is 0 Å². The van der Waals surface area contributed by atoms with Gasteiger partial charge in [-0.3, -0.25) is 10.1 Å². The molecule has 2 unspecified atom stereocenters. The van der Waals surface area contributed by atoms with Gasteiger partial charge in [-0.1, -0.05) is 59.9 Å². The van der Waals surface area contributed by atoms with E-state index in [4.69, 9.17) is 9.47 Å². The van der Waals surface area contributed by atoms with E-state index in [9.17, 15) is 19.5 Å². The predicted octanol–water partition coefficient (Wildman–Crippen LogP) is 3.82. The minimum absolute atomic E-state index is 0.0714. The third-order valence-electron chi connectivity index (χ3n) is 6.28. The molecule has 2 heterocycles. The van der Waals surface area contributed by atoms with Crippen molar-refractivity contribution in [3.63, 3.8) is 0 Å². The molecular formula is C25H23N3O6S. The maximum atomic E-state index is 12.9. The van der Waals surface area contributed by atoms with Gasteiger partial charge >= 0.3 is 12.1 Å². The number of benzene rings is 2. The lowest BCUT2D eigenvalue weighted by Gasteiger charge is -2.36. The van der Waals surface area contributed by atoms with Crippen LogP contribution in [-0.4, -0.2) is 64.9 Å². The van der Waals surface area contributed by atoms with E-state index in [2.05, 4.69) is 22.4 Å². The number of morpholine rings is 1. The van der Waals surface area contributed by atoms with Crippen LogP contribution in [0, 0.1) is 0 Å². The van der Waals surface area contributed by atoms with E-state index in [0.29, 0.717) is 0 Å². The zero-order valence-electron chi connectivity index (χ0n) is 18.8. The summed E-state index contributed by atoms with van der Waals surface area (Å²) < 4.78 is 10.9. The minimum atomic E-state index is -1.13. The van der Waals surface area contributed by atoms with Crippen molar-refractivity contribution in [3.05, 3.63) is 70.7 Å². The van der Waals surface area contributed by atoms with E-state index in [-0.39, 0.29) is 35.7 Å². The van der Waals surface area contributed by atoms with Crippen molar-refractivity contribution < 1.29 is 29.0 Å². The summed E-state index contributed by atoms with van der Waals surface area (Å²) in [6.45, 7) is 2.19. The molecule has 2 atom stereocenters. The van der Waals surface area contributed by atoms with Crippen LogP contribution in [0.1, 0.15) is 33.6 Å². The number of rotatable bonds is 5. The third kappa shape index (κ3) is 4.38. The first-order valence-electron chi connectivity index (χ1n) is 11.2. The fourth-order valence-corrected chi connectivity index (χ4v) is 5.43. The van der Waals surface area contributed by atoms with Crippen LogP contribution in [0.3, 0.4) is 0 Å². The van der Waals surface area contributed by atoms with Crippen molar-refractivity contribution >= 4 is 34.4 Å². The fraction of sp³-hybridized carbons (Fsp3) is 0.280. The summed E-state index contributed by atoms with van der Waals surface area (Å²) in [6.07, 6.45) is 0.0191. The Bertz CT molecular complexity index is 1250. The SMILES string of the molecule is CC1OCCN(C(=O)c2cnc(NC(=O)OCC3c4ccccc4-c4ccccc43)s2)C1C(=O)O. The van der Waals surface area contributed by atoms with Gasteiger partial charge in [-0.05, 0) is 29.2 Å². The Hall–Kier alpha value is -3.76. The molecule has 0 spiro atoms. The molecule has 2 amide bonds. The van der Waals surface area contributed by atoms with E-state index in [1.54, 1.807) is 6.92 Å².